The first-order chi connectivity index (χ1) is 16.6. The maximum Gasteiger partial charge on any atom is 0.347 e. The van der Waals surface area contributed by atoms with E-state index in [4.69, 9.17) is 4.74 Å². The first kappa shape index (κ1) is 23.3. The molecule has 0 atom stereocenters. The fraction of sp³-hybridized carbons (Fsp3) is 0.393. The van der Waals surface area contributed by atoms with Crippen molar-refractivity contribution < 1.29 is 24.5 Å². The minimum Gasteiger partial charge on any atom is -0.481 e. The molecule has 0 bridgehead atoms. The number of carboxylic acid groups (broad SMARTS) is 2. The SMILES string of the molecule is CC(C)(Oc1cnc2cc(-c3ccc(C4(C(=O)O)CC5(CCNCC5)C4)cc3)ccc2c1)C(=O)O. The zero-order chi connectivity index (χ0) is 24.8. The fourth-order valence-corrected chi connectivity index (χ4v) is 5.67. The maximum atomic E-state index is 12.3. The summed E-state index contributed by atoms with van der Waals surface area (Å²) in [6.45, 7) is 4.93. The summed E-state index contributed by atoms with van der Waals surface area (Å²) in [4.78, 5) is 28.1. The molecule has 1 aliphatic carbocycles. The van der Waals surface area contributed by atoms with E-state index >= 15 is 0 Å². The van der Waals surface area contributed by atoms with Crippen LogP contribution in [0.25, 0.3) is 22.0 Å². The molecule has 3 aromatic rings. The Bertz CT molecular complexity index is 1280. The van der Waals surface area contributed by atoms with Gasteiger partial charge in [-0.1, -0.05) is 36.4 Å². The Morgan fingerprint density at radius 3 is 2.26 bits per heavy atom. The van der Waals surface area contributed by atoms with E-state index in [9.17, 15) is 19.8 Å². The van der Waals surface area contributed by atoms with Crippen molar-refractivity contribution in [2.24, 2.45) is 5.41 Å². The number of carbonyl (C=O) groups is 2. The van der Waals surface area contributed by atoms with Crippen LogP contribution in [0.1, 0.15) is 45.1 Å². The topological polar surface area (TPSA) is 109 Å². The Kier molecular flexibility index (Phi) is 5.55. The molecule has 2 aliphatic rings. The molecule has 0 amide bonds. The lowest BCUT2D eigenvalue weighted by Gasteiger charge is -2.56. The monoisotopic (exact) mass is 474 g/mol. The van der Waals surface area contributed by atoms with Gasteiger partial charge in [0.15, 0.2) is 5.60 Å². The Morgan fingerprint density at radius 1 is 0.971 bits per heavy atom. The molecule has 1 spiro atoms. The maximum absolute atomic E-state index is 12.3. The van der Waals surface area contributed by atoms with Gasteiger partial charge in [0.25, 0.3) is 0 Å². The lowest BCUT2D eigenvalue weighted by atomic mass is 9.48. The van der Waals surface area contributed by atoms with E-state index in [1.54, 1.807) is 6.07 Å². The van der Waals surface area contributed by atoms with Crippen LogP contribution in [-0.4, -0.2) is 45.8 Å². The molecular weight excluding hydrogens is 444 g/mol. The summed E-state index contributed by atoms with van der Waals surface area (Å²) in [5.41, 5.74) is 1.62. The summed E-state index contributed by atoms with van der Waals surface area (Å²) in [7, 11) is 0. The Balaban J connectivity index is 1.37. The highest BCUT2D eigenvalue weighted by Crippen LogP contribution is 2.60. The van der Waals surface area contributed by atoms with Crippen LogP contribution in [0.4, 0.5) is 0 Å². The Labute approximate surface area is 204 Å². The summed E-state index contributed by atoms with van der Waals surface area (Å²) in [6, 6.07) is 15.5. The van der Waals surface area contributed by atoms with E-state index in [0.29, 0.717) is 18.6 Å². The van der Waals surface area contributed by atoms with Gasteiger partial charge in [0.1, 0.15) is 5.75 Å². The molecule has 2 aromatic carbocycles. The molecule has 0 radical (unpaired) electrons. The fourth-order valence-electron chi connectivity index (χ4n) is 5.67. The third-order valence-electron chi connectivity index (χ3n) is 7.75. The van der Waals surface area contributed by atoms with Gasteiger partial charge in [0.2, 0.25) is 0 Å². The molecule has 0 unspecified atom stereocenters. The first-order valence-corrected chi connectivity index (χ1v) is 12.0. The number of pyridine rings is 1. The van der Waals surface area contributed by atoms with Gasteiger partial charge >= 0.3 is 11.9 Å². The number of carboxylic acids is 2. The number of fused-ring (bicyclic) bond motifs is 1. The van der Waals surface area contributed by atoms with E-state index in [1.807, 2.05) is 42.5 Å². The van der Waals surface area contributed by atoms with Crippen molar-refractivity contribution in [2.75, 3.05) is 13.1 Å². The molecule has 1 saturated heterocycles. The number of aromatic nitrogens is 1. The number of hydrogen-bond acceptors (Lipinski definition) is 5. The van der Waals surface area contributed by atoms with E-state index in [0.717, 1.165) is 53.5 Å². The van der Waals surface area contributed by atoms with Crippen LogP contribution in [0, 0.1) is 5.41 Å². The number of rotatable bonds is 6. The second-order valence-corrected chi connectivity index (χ2v) is 10.6. The number of benzene rings is 2. The number of piperidine rings is 1. The van der Waals surface area contributed by atoms with E-state index in [1.165, 1.54) is 20.0 Å². The molecule has 35 heavy (non-hydrogen) atoms. The molecule has 182 valence electrons. The van der Waals surface area contributed by atoms with Gasteiger partial charge in [-0.3, -0.25) is 9.78 Å². The van der Waals surface area contributed by atoms with E-state index < -0.39 is 23.0 Å². The molecule has 1 aliphatic heterocycles. The normalized spacial score (nSPS) is 18.7. The van der Waals surface area contributed by atoms with Crippen molar-refractivity contribution in [1.29, 1.82) is 0 Å². The third-order valence-corrected chi connectivity index (χ3v) is 7.75. The third kappa shape index (κ3) is 4.14. The molecule has 7 nitrogen and oxygen atoms in total. The standard InChI is InChI=1S/C28H30N2O5/c1-26(2,24(31)32)35-22-13-20-4-3-19(14-23(20)30-15-22)18-5-7-21(8-6-18)28(25(33)34)16-27(17-28)9-11-29-12-10-27/h3-8,13-15,29H,9-12,16-17H2,1-2H3,(H,31,32)(H,33,34). The van der Waals surface area contributed by atoms with Crippen LogP contribution in [0.2, 0.25) is 0 Å². The van der Waals surface area contributed by atoms with Crippen LogP contribution in [0.5, 0.6) is 5.75 Å². The number of ether oxygens (including phenoxy) is 1. The van der Waals surface area contributed by atoms with E-state index in [-0.39, 0.29) is 5.41 Å². The number of aliphatic carboxylic acids is 2. The van der Waals surface area contributed by atoms with Gasteiger partial charge in [0.05, 0.1) is 17.1 Å². The van der Waals surface area contributed by atoms with Crippen molar-refractivity contribution in [1.82, 2.24) is 10.3 Å². The lowest BCUT2D eigenvalue weighted by molar-refractivity contribution is -0.156. The van der Waals surface area contributed by atoms with Crippen LogP contribution in [-0.2, 0) is 15.0 Å². The quantitative estimate of drug-likeness (QED) is 0.478. The molecule has 5 rings (SSSR count). The van der Waals surface area contributed by atoms with Gasteiger partial charge < -0.3 is 20.3 Å². The second kappa shape index (κ2) is 8.34. The van der Waals surface area contributed by atoms with Gasteiger partial charge in [-0.25, -0.2) is 4.79 Å². The Hall–Kier alpha value is -3.45. The smallest absolute Gasteiger partial charge is 0.347 e. The summed E-state index contributed by atoms with van der Waals surface area (Å²) in [5.74, 6) is -1.38. The largest absolute Gasteiger partial charge is 0.481 e. The number of hydrogen-bond donors (Lipinski definition) is 3. The molecule has 7 heteroatoms. The van der Waals surface area contributed by atoms with Crippen LogP contribution in [0.15, 0.2) is 54.7 Å². The van der Waals surface area contributed by atoms with Crippen LogP contribution in [0.3, 0.4) is 0 Å². The highest BCUT2D eigenvalue weighted by molar-refractivity contribution is 5.86. The molecule has 1 aromatic heterocycles. The molecule has 1 saturated carbocycles. The lowest BCUT2D eigenvalue weighted by Crippen LogP contribution is -2.57. The van der Waals surface area contributed by atoms with Crippen molar-refractivity contribution in [2.45, 2.75) is 50.5 Å². The molecule has 2 fully saturated rings. The van der Waals surface area contributed by atoms with Crippen molar-refractivity contribution in [3.63, 3.8) is 0 Å². The number of nitrogens with one attached hydrogen (secondary N) is 1. The van der Waals surface area contributed by atoms with Gasteiger partial charge in [0, 0.05) is 5.39 Å². The van der Waals surface area contributed by atoms with Gasteiger partial charge in [-0.15, -0.1) is 0 Å². The summed E-state index contributed by atoms with van der Waals surface area (Å²) in [6.07, 6.45) is 5.04. The zero-order valence-corrected chi connectivity index (χ0v) is 20.0. The highest BCUT2D eigenvalue weighted by Gasteiger charge is 2.59. The minimum atomic E-state index is -1.35. The van der Waals surface area contributed by atoms with Crippen LogP contribution >= 0.6 is 0 Å². The average molecular weight is 475 g/mol. The zero-order valence-electron chi connectivity index (χ0n) is 20.0. The Morgan fingerprint density at radius 2 is 1.63 bits per heavy atom. The summed E-state index contributed by atoms with van der Waals surface area (Å²) < 4.78 is 5.59. The van der Waals surface area contributed by atoms with E-state index in [2.05, 4.69) is 10.3 Å². The predicted molar refractivity (Wildman–Crippen MR) is 133 cm³/mol. The minimum absolute atomic E-state index is 0.161. The van der Waals surface area contributed by atoms with Gasteiger partial charge in [-0.05, 0) is 86.9 Å². The molecule has 2 heterocycles. The van der Waals surface area contributed by atoms with Crippen LogP contribution < -0.4 is 10.1 Å². The second-order valence-electron chi connectivity index (χ2n) is 10.6. The highest BCUT2D eigenvalue weighted by atomic mass is 16.5. The number of nitrogens with zero attached hydrogens (tertiary/aromatic N) is 1. The van der Waals surface area contributed by atoms with Crippen molar-refractivity contribution in [3.8, 4) is 16.9 Å². The molecule has 3 N–H and O–H groups in total. The van der Waals surface area contributed by atoms with Crippen molar-refractivity contribution >= 4 is 22.8 Å². The average Bonchev–Trinajstić information content (AvgIpc) is 2.82. The van der Waals surface area contributed by atoms with Gasteiger partial charge in [-0.2, -0.15) is 0 Å². The molecular formula is C28H30N2O5. The predicted octanol–water partition coefficient (Wildman–Crippen LogP) is 4.63. The summed E-state index contributed by atoms with van der Waals surface area (Å²) >= 11 is 0. The summed E-state index contributed by atoms with van der Waals surface area (Å²) in [5, 5.41) is 23.6. The van der Waals surface area contributed by atoms with Crippen molar-refractivity contribution in [3.05, 3.63) is 60.3 Å². The first-order valence-electron chi connectivity index (χ1n) is 12.0.